The van der Waals surface area contributed by atoms with Crippen molar-refractivity contribution in [3.8, 4) is 0 Å². The van der Waals surface area contributed by atoms with Crippen molar-refractivity contribution in [2.45, 2.75) is 0 Å². The van der Waals surface area contributed by atoms with Crippen LogP contribution in [0.15, 0.2) is 5.22 Å². The molecule has 0 aliphatic heterocycles. The third kappa shape index (κ3) is 5.32. The van der Waals surface area contributed by atoms with Gasteiger partial charge in [-0.1, -0.05) is 5.22 Å². The van der Waals surface area contributed by atoms with Gasteiger partial charge >= 0.3 is 0 Å². The van der Waals surface area contributed by atoms with Crippen molar-refractivity contribution in [2.75, 3.05) is 13.1 Å². The molecule has 0 amide bonds. The second-order valence-electron chi connectivity index (χ2n) is 0.974. The molecule has 0 aromatic heterocycles. The number of nitrogens with zero attached hydrogens (tertiary/aromatic N) is 1. The molecule has 0 spiro atoms. The summed E-state index contributed by atoms with van der Waals surface area (Å²) in [6, 6.07) is 0. The minimum atomic E-state index is 0.597. The highest BCUT2D eigenvalue weighted by Crippen LogP contribution is 1.51. The van der Waals surface area contributed by atoms with Gasteiger partial charge in [0.15, 0.2) is 0 Å². The van der Waals surface area contributed by atoms with Gasteiger partial charge in [-0.3, -0.25) is 16.7 Å². The summed E-state index contributed by atoms with van der Waals surface area (Å²) >= 11 is 0. The summed E-state index contributed by atoms with van der Waals surface area (Å²) in [6.07, 6.45) is 0. The average molecular weight is 103 g/mol. The van der Waals surface area contributed by atoms with Crippen LogP contribution in [0.2, 0.25) is 0 Å². The van der Waals surface area contributed by atoms with E-state index in [1.807, 2.05) is 0 Å². The van der Waals surface area contributed by atoms with E-state index in [0.29, 0.717) is 13.1 Å². The van der Waals surface area contributed by atoms with E-state index in [1.54, 1.807) is 0 Å². The van der Waals surface area contributed by atoms with E-state index >= 15 is 0 Å². The highest BCUT2D eigenvalue weighted by molar-refractivity contribution is 4.36. The van der Waals surface area contributed by atoms with E-state index < -0.39 is 0 Å². The van der Waals surface area contributed by atoms with Crippen LogP contribution in [0.1, 0.15) is 0 Å². The lowest BCUT2D eigenvalue weighted by molar-refractivity contribution is 0.618. The van der Waals surface area contributed by atoms with Gasteiger partial charge in [0.05, 0.1) is 0 Å². The Labute approximate surface area is 41.7 Å². The van der Waals surface area contributed by atoms with Crippen molar-refractivity contribution in [2.24, 2.45) is 11.1 Å². The van der Waals surface area contributed by atoms with Crippen LogP contribution in [0.4, 0.5) is 0 Å². The fraction of sp³-hybridized carbons (Fsp3) is 1.00. The number of rotatable bonds is 4. The Morgan fingerprint density at radius 3 is 2.71 bits per heavy atom. The van der Waals surface area contributed by atoms with Crippen molar-refractivity contribution in [1.82, 2.24) is 10.9 Å². The fourth-order valence-corrected chi connectivity index (χ4v) is 0.184. The van der Waals surface area contributed by atoms with Crippen LogP contribution in [0.3, 0.4) is 0 Å². The Kier molecular flexibility index (Phi) is 4.80. The predicted molar refractivity (Wildman–Crippen MR) is 25.3 cm³/mol. The third-order valence-corrected chi connectivity index (χ3v) is 0.460. The van der Waals surface area contributed by atoms with E-state index in [-0.39, 0.29) is 0 Å². The molecule has 0 heterocycles. The zero-order valence-corrected chi connectivity index (χ0v) is 3.94. The first-order valence-electron chi connectivity index (χ1n) is 1.94. The van der Waals surface area contributed by atoms with E-state index in [9.17, 15) is 0 Å². The van der Waals surface area contributed by atoms with Crippen LogP contribution >= 0.6 is 0 Å². The lowest BCUT2D eigenvalue weighted by Crippen LogP contribution is -2.29. The summed E-state index contributed by atoms with van der Waals surface area (Å²) in [6.45, 7) is 1.22. The summed E-state index contributed by atoms with van der Waals surface area (Å²) < 4.78 is 0. The zero-order chi connectivity index (χ0) is 5.54. The number of hydrazine groups is 1. The molecule has 0 unspecified atom stereocenters. The van der Waals surface area contributed by atoms with Gasteiger partial charge in [-0.15, -0.1) is 0 Å². The van der Waals surface area contributed by atoms with Gasteiger partial charge in [0.25, 0.3) is 0 Å². The van der Waals surface area contributed by atoms with Gasteiger partial charge in [0, 0.05) is 13.1 Å². The maximum atomic E-state index is 6.23. The monoisotopic (exact) mass is 103 g/mol. The van der Waals surface area contributed by atoms with Crippen molar-refractivity contribution in [3.05, 3.63) is 0 Å². The Balaban J connectivity index is 2.56. The first-order valence-corrected chi connectivity index (χ1v) is 1.94. The molecule has 5 N–H and O–H groups in total. The van der Waals surface area contributed by atoms with Gasteiger partial charge in [-0.05, 0) is 0 Å². The van der Waals surface area contributed by atoms with Crippen LogP contribution in [-0.4, -0.2) is 13.1 Å². The number of hydrogen-bond donors (Lipinski definition) is 4. The first-order chi connectivity index (χ1) is 3.41. The summed E-state index contributed by atoms with van der Waals surface area (Å²) in [7, 11) is 0. The van der Waals surface area contributed by atoms with Crippen LogP contribution in [0.5, 0.6) is 0 Å². The Morgan fingerprint density at radius 1 is 1.57 bits per heavy atom. The molecular formula is C2H9N5. The molecular weight excluding hydrogens is 94.1 g/mol. The molecule has 0 aliphatic carbocycles. The van der Waals surface area contributed by atoms with E-state index in [1.165, 1.54) is 0 Å². The van der Waals surface area contributed by atoms with Crippen molar-refractivity contribution in [3.63, 3.8) is 0 Å². The molecule has 0 saturated heterocycles. The molecule has 7 heavy (non-hydrogen) atoms. The molecule has 0 radical (unpaired) electrons. The molecule has 0 rings (SSSR count). The second kappa shape index (κ2) is 5.32. The lowest BCUT2D eigenvalue weighted by atomic mass is 10.7. The van der Waals surface area contributed by atoms with Crippen molar-refractivity contribution < 1.29 is 0 Å². The largest absolute Gasteiger partial charge is 0.291 e. The topological polar surface area (TPSA) is 86.3 Å². The lowest BCUT2D eigenvalue weighted by Gasteiger charge is -1.93. The fourth-order valence-electron chi connectivity index (χ4n) is 0.184. The maximum absolute atomic E-state index is 6.23. The SMILES string of the molecule is N=NNCCNN. The number of nitrogens with two attached hydrogens (primary N) is 1. The molecule has 5 heteroatoms. The van der Waals surface area contributed by atoms with Crippen molar-refractivity contribution in [1.29, 1.82) is 5.53 Å². The molecule has 0 aromatic carbocycles. The maximum Gasteiger partial charge on any atom is 0.0485 e. The van der Waals surface area contributed by atoms with Crippen LogP contribution in [0.25, 0.3) is 0 Å². The zero-order valence-electron chi connectivity index (χ0n) is 3.94. The summed E-state index contributed by atoms with van der Waals surface area (Å²) in [5.41, 5.74) is 11.0. The quantitative estimate of drug-likeness (QED) is 0.159. The molecule has 42 valence electrons. The third-order valence-electron chi connectivity index (χ3n) is 0.460. The highest BCUT2D eigenvalue weighted by atomic mass is 15.4. The Morgan fingerprint density at radius 2 is 2.29 bits per heavy atom. The van der Waals surface area contributed by atoms with Crippen LogP contribution in [-0.2, 0) is 0 Å². The summed E-state index contributed by atoms with van der Waals surface area (Å²) in [4.78, 5) is 0. The van der Waals surface area contributed by atoms with Crippen molar-refractivity contribution >= 4 is 0 Å². The highest BCUT2D eigenvalue weighted by Gasteiger charge is 1.74. The molecule has 0 saturated carbocycles. The molecule has 0 bridgehead atoms. The summed E-state index contributed by atoms with van der Waals surface area (Å²) in [5.74, 6) is 4.88. The molecule has 5 nitrogen and oxygen atoms in total. The Hall–Kier alpha value is -0.680. The van der Waals surface area contributed by atoms with Gasteiger partial charge < -0.3 is 0 Å². The smallest absolute Gasteiger partial charge is 0.0485 e. The van der Waals surface area contributed by atoms with Gasteiger partial charge in [-0.2, -0.15) is 5.53 Å². The van der Waals surface area contributed by atoms with Gasteiger partial charge in [0.1, 0.15) is 0 Å². The average Bonchev–Trinajstić information content (AvgIpc) is 1.69. The number of nitrogens with one attached hydrogen (secondary N) is 3. The van der Waals surface area contributed by atoms with Crippen LogP contribution < -0.4 is 16.7 Å². The van der Waals surface area contributed by atoms with E-state index in [4.69, 9.17) is 11.4 Å². The standard InChI is InChI=1S/C2H9N5/c3-5-1-2-6-7-4/h5H,1-3H2,(H2,4,6). The normalized spacial score (nSPS) is 8.14. The molecule has 0 fully saturated rings. The first kappa shape index (κ1) is 6.32. The molecule has 0 atom stereocenters. The Bertz CT molecular complexity index is 43.3. The second-order valence-corrected chi connectivity index (χ2v) is 0.974. The molecule has 0 aliphatic rings. The van der Waals surface area contributed by atoms with Gasteiger partial charge in [-0.25, -0.2) is 0 Å². The number of hydrogen-bond acceptors (Lipinski definition) is 4. The van der Waals surface area contributed by atoms with Crippen LogP contribution in [0, 0.1) is 5.53 Å². The van der Waals surface area contributed by atoms with Gasteiger partial charge in [0.2, 0.25) is 0 Å². The minimum absolute atomic E-state index is 0.597. The van der Waals surface area contributed by atoms with E-state index in [0.717, 1.165) is 0 Å². The summed E-state index contributed by atoms with van der Waals surface area (Å²) in [5, 5.41) is 2.88. The minimum Gasteiger partial charge on any atom is -0.291 e. The molecule has 0 aromatic rings. The predicted octanol–water partition coefficient (Wildman–Crippen LogP) is -1.01. The van der Waals surface area contributed by atoms with E-state index in [2.05, 4.69) is 16.1 Å².